The molecule has 1 amide bonds. The monoisotopic (exact) mass is 458 g/mol. The van der Waals surface area contributed by atoms with Crippen molar-refractivity contribution in [3.63, 3.8) is 0 Å². The van der Waals surface area contributed by atoms with E-state index >= 15 is 0 Å². The molecule has 0 bridgehead atoms. The average Bonchev–Trinajstić information content (AvgIpc) is 3.20. The molecule has 1 aromatic carbocycles. The topological polar surface area (TPSA) is 84.2 Å². The number of alkyl halides is 6. The summed E-state index contributed by atoms with van der Waals surface area (Å²) in [6, 6.07) is 1.03. The Kier molecular flexibility index (Phi) is 7.57. The van der Waals surface area contributed by atoms with Crippen LogP contribution in [0.1, 0.15) is 18.1 Å². The zero-order valence-electron chi connectivity index (χ0n) is 16.4. The van der Waals surface area contributed by atoms with Gasteiger partial charge in [0.1, 0.15) is 12.1 Å². The number of carbonyl (C=O) groups is 1. The van der Waals surface area contributed by atoms with Gasteiger partial charge in [0.05, 0.1) is 11.1 Å². The molecular weight excluding hydrogens is 442 g/mol. The highest BCUT2D eigenvalue weighted by Crippen LogP contribution is 2.37. The third-order valence-electron chi connectivity index (χ3n) is 3.66. The Hall–Kier alpha value is -3.90. The summed E-state index contributed by atoms with van der Waals surface area (Å²) in [5, 5.41) is 3.79. The lowest BCUT2D eigenvalue weighted by atomic mass is 10.0. The molecule has 0 aliphatic heterocycles. The summed E-state index contributed by atoms with van der Waals surface area (Å²) in [6.45, 7) is 5.08. The van der Waals surface area contributed by atoms with Crippen LogP contribution in [-0.4, -0.2) is 27.4 Å². The van der Waals surface area contributed by atoms with Gasteiger partial charge in [-0.1, -0.05) is 12.2 Å². The van der Waals surface area contributed by atoms with Crippen molar-refractivity contribution in [3.8, 4) is 11.4 Å². The van der Waals surface area contributed by atoms with Crippen LogP contribution >= 0.6 is 0 Å². The van der Waals surface area contributed by atoms with Crippen LogP contribution in [0.15, 0.2) is 59.6 Å². The van der Waals surface area contributed by atoms with Gasteiger partial charge in [-0.3, -0.25) is 15.6 Å². The van der Waals surface area contributed by atoms with Crippen LogP contribution in [0.25, 0.3) is 17.6 Å². The molecule has 2 aromatic rings. The van der Waals surface area contributed by atoms with Gasteiger partial charge in [0.2, 0.25) is 0 Å². The maximum absolute atomic E-state index is 13.0. The second kappa shape index (κ2) is 9.94. The van der Waals surface area contributed by atoms with Crippen LogP contribution < -0.4 is 10.9 Å². The van der Waals surface area contributed by atoms with E-state index in [-0.39, 0.29) is 11.9 Å². The first-order chi connectivity index (χ1) is 14.9. The molecule has 0 saturated heterocycles. The molecule has 2 rings (SSSR count). The van der Waals surface area contributed by atoms with E-state index in [0.717, 1.165) is 23.3 Å². The lowest BCUT2D eigenvalue weighted by molar-refractivity contribution is -0.143. The van der Waals surface area contributed by atoms with Crippen molar-refractivity contribution in [2.75, 3.05) is 0 Å². The molecule has 32 heavy (non-hydrogen) atoms. The number of hydrogen-bond donors (Lipinski definition) is 2. The number of aromatic nitrogens is 3. The van der Waals surface area contributed by atoms with E-state index in [1.807, 2.05) is 0 Å². The summed E-state index contributed by atoms with van der Waals surface area (Å²) < 4.78 is 78.9. The number of hydrazine groups is 1. The fraction of sp³-hybridized carbons (Fsp3) is 0.158. The first-order valence-corrected chi connectivity index (χ1v) is 8.69. The maximum atomic E-state index is 13.0. The number of allylic oxidation sites excluding steroid dienone is 3. The summed E-state index contributed by atoms with van der Waals surface area (Å²) in [6.07, 6.45) is -1.98. The van der Waals surface area contributed by atoms with Gasteiger partial charge >= 0.3 is 12.4 Å². The number of rotatable bonds is 7. The molecule has 0 atom stereocenters. The predicted molar refractivity (Wildman–Crippen MR) is 105 cm³/mol. The van der Waals surface area contributed by atoms with Crippen LogP contribution in [0.2, 0.25) is 0 Å². The molecule has 2 N–H and O–H groups in total. The van der Waals surface area contributed by atoms with E-state index in [0.29, 0.717) is 12.1 Å². The highest BCUT2D eigenvalue weighted by Gasteiger charge is 2.37. The summed E-state index contributed by atoms with van der Waals surface area (Å²) in [5.41, 5.74) is 1.30. The smallest absolute Gasteiger partial charge is 0.282 e. The van der Waals surface area contributed by atoms with Gasteiger partial charge in [-0.25, -0.2) is 14.7 Å². The molecule has 0 aliphatic rings. The average molecular weight is 458 g/mol. The van der Waals surface area contributed by atoms with Gasteiger partial charge in [0, 0.05) is 17.8 Å². The quantitative estimate of drug-likeness (QED) is 0.214. The number of aliphatic imine (C=N–C) groups is 1. The number of hydrogen-bond acceptors (Lipinski definition) is 5. The first kappa shape index (κ1) is 24.4. The number of carbonyl (C=O) groups excluding carboxylic acids is 1. The largest absolute Gasteiger partial charge is 0.416 e. The first-order valence-electron chi connectivity index (χ1n) is 8.69. The third-order valence-corrected chi connectivity index (χ3v) is 3.66. The maximum Gasteiger partial charge on any atom is 0.416 e. The second-order valence-corrected chi connectivity index (χ2v) is 6.01. The highest BCUT2D eigenvalue weighted by atomic mass is 19.4. The number of nitrogens with zero attached hydrogens (tertiary/aromatic N) is 4. The van der Waals surface area contributed by atoms with Crippen molar-refractivity contribution in [2.45, 2.75) is 19.3 Å². The molecule has 170 valence electrons. The van der Waals surface area contributed by atoms with Gasteiger partial charge in [0.15, 0.2) is 5.82 Å². The molecule has 1 heterocycles. The molecule has 0 saturated carbocycles. The Labute approximate surface area is 177 Å². The molecule has 0 unspecified atom stereocenters. The lowest BCUT2D eigenvalue weighted by Crippen LogP contribution is -2.35. The normalized spacial score (nSPS) is 13.0. The minimum atomic E-state index is -5.00. The van der Waals surface area contributed by atoms with Crippen molar-refractivity contribution in [1.29, 1.82) is 0 Å². The van der Waals surface area contributed by atoms with E-state index < -0.39 is 40.8 Å². The van der Waals surface area contributed by atoms with E-state index in [1.165, 1.54) is 6.08 Å². The third kappa shape index (κ3) is 6.82. The fourth-order valence-electron chi connectivity index (χ4n) is 2.20. The van der Waals surface area contributed by atoms with Gasteiger partial charge in [-0.05, 0) is 37.9 Å². The molecule has 0 radical (unpaired) electrons. The second-order valence-electron chi connectivity index (χ2n) is 6.01. The Bertz CT molecular complexity index is 1030. The minimum Gasteiger partial charge on any atom is -0.282 e. The van der Waals surface area contributed by atoms with Crippen LogP contribution in [-0.2, 0) is 17.1 Å². The van der Waals surface area contributed by atoms with E-state index in [9.17, 15) is 31.1 Å². The van der Waals surface area contributed by atoms with E-state index in [2.05, 4.69) is 32.6 Å². The van der Waals surface area contributed by atoms with Crippen LogP contribution in [0.3, 0.4) is 0 Å². The predicted octanol–water partition coefficient (Wildman–Crippen LogP) is 4.19. The van der Waals surface area contributed by atoms with Gasteiger partial charge in [-0.15, -0.1) is 5.10 Å². The molecular formula is C19H16F6N6O. The zero-order chi connectivity index (χ0) is 23.9. The Morgan fingerprint density at radius 3 is 2.25 bits per heavy atom. The summed E-state index contributed by atoms with van der Waals surface area (Å²) in [5.74, 6) is -0.800. The Morgan fingerprint density at radius 1 is 1.09 bits per heavy atom. The van der Waals surface area contributed by atoms with Crippen LogP contribution in [0.5, 0.6) is 0 Å². The van der Waals surface area contributed by atoms with E-state index in [1.54, 1.807) is 19.1 Å². The van der Waals surface area contributed by atoms with Crippen LogP contribution in [0.4, 0.5) is 26.3 Å². The lowest BCUT2D eigenvalue weighted by Gasteiger charge is -2.13. The van der Waals surface area contributed by atoms with E-state index in [4.69, 9.17) is 0 Å². The molecule has 13 heteroatoms. The van der Waals surface area contributed by atoms with Crippen molar-refractivity contribution in [1.82, 2.24) is 25.6 Å². The van der Waals surface area contributed by atoms with Gasteiger partial charge in [-0.2, -0.15) is 26.3 Å². The zero-order valence-corrected chi connectivity index (χ0v) is 16.4. The number of benzene rings is 1. The van der Waals surface area contributed by atoms with Gasteiger partial charge < -0.3 is 0 Å². The van der Waals surface area contributed by atoms with Gasteiger partial charge in [0.25, 0.3) is 5.91 Å². The summed E-state index contributed by atoms with van der Waals surface area (Å²) in [7, 11) is 0. The van der Waals surface area contributed by atoms with Crippen molar-refractivity contribution in [3.05, 3.63) is 65.8 Å². The molecule has 0 spiro atoms. The fourth-order valence-corrected chi connectivity index (χ4v) is 2.20. The van der Waals surface area contributed by atoms with Crippen molar-refractivity contribution in [2.24, 2.45) is 4.99 Å². The van der Waals surface area contributed by atoms with Crippen molar-refractivity contribution >= 4 is 18.8 Å². The number of nitrogens with one attached hydrogen (secondary N) is 2. The SMILES string of the molecule is C=N/C(=C\C=C/C)NNC(=O)/C=C\n1cnc(-c2cc(C(F)(F)F)cc(C(F)(F)F)c2)n1. The number of amides is 1. The Balaban J connectivity index is 2.20. The molecule has 1 aromatic heterocycles. The summed E-state index contributed by atoms with van der Waals surface area (Å²) in [4.78, 5) is 19.2. The van der Waals surface area contributed by atoms with Crippen molar-refractivity contribution < 1.29 is 31.1 Å². The molecule has 0 fully saturated rings. The Morgan fingerprint density at radius 2 is 1.72 bits per heavy atom. The minimum absolute atomic E-state index is 0.00878. The highest BCUT2D eigenvalue weighted by molar-refractivity contribution is 5.89. The van der Waals surface area contributed by atoms with Crippen LogP contribution in [0, 0.1) is 0 Å². The standard InChI is InChI=1S/C19H16F6N6O/c1-3-4-5-15(26-2)28-29-16(32)6-7-31-11-27-17(30-31)12-8-13(18(20,21)22)10-14(9-12)19(23,24)25/h3-11,28H,2H2,1H3,(H,29,32)/b4-3-,7-6-,15-5+. The number of halogens is 6. The summed E-state index contributed by atoms with van der Waals surface area (Å²) >= 11 is 0. The molecule has 0 aliphatic carbocycles. The molecule has 7 nitrogen and oxygen atoms in total.